The van der Waals surface area contributed by atoms with Gasteiger partial charge >= 0.3 is 11.9 Å². The number of rotatable bonds is 2. The summed E-state index contributed by atoms with van der Waals surface area (Å²) in [5.74, 6) is -2.23. The first kappa shape index (κ1) is 13.9. The maximum atomic E-state index is 10.6. The zero-order chi connectivity index (χ0) is 12.7. The van der Waals surface area contributed by atoms with Gasteiger partial charge in [-0.25, -0.2) is 9.59 Å². The summed E-state index contributed by atoms with van der Waals surface area (Å²) in [4.78, 5) is 21.1. The lowest BCUT2D eigenvalue weighted by Gasteiger charge is -2.01. The fourth-order valence-electron chi connectivity index (χ4n) is 0.985. The molecule has 86 valence electrons. The van der Waals surface area contributed by atoms with E-state index in [0.717, 1.165) is 6.07 Å². The van der Waals surface area contributed by atoms with Crippen LogP contribution in [0.15, 0.2) is 30.9 Å². The van der Waals surface area contributed by atoms with E-state index in [9.17, 15) is 9.59 Å². The molecule has 0 saturated carbocycles. The average molecular weight is 222 g/mol. The molecule has 0 atom stereocenters. The van der Waals surface area contributed by atoms with E-state index in [2.05, 4.69) is 6.58 Å². The molecule has 2 N–H and O–H groups in total. The molecule has 4 heteroatoms. The van der Waals surface area contributed by atoms with Crippen molar-refractivity contribution < 1.29 is 19.8 Å². The predicted octanol–water partition coefficient (Wildman–Crippen LogP) is 2.58. The lowest BCUT2D eigenvalue weighted by atomic mass is 10.1. The smallest absolute Gasteiger partial charge is 0.335 e. The van der Waals surface area contributed by atoms with Crippen LogP contribution in [-0.4, -0.2) is 22.2 Å². The van der Waals surface area contributed by atoms with Gasteiger partial charge in [-0.1, -0.05) is 12.1 Å². The molecule has 0 aliphatic carbocycles. The van der Waals surface area contributed by atoms with E-state index in [4.69, 9.17) is 10.2 Å². The van der Waals surface area contributed by atoms with E-state index >= 15 is 0 Å². The Morgan fingerprint density at radius 1 is 1.25 bits per heavy atom. The van der Waals surface area contributed by atoms with Crippen LogP contribution in [0.3, 0.4) is 0 Å². The second-order valence-corrected chi connectivity index (χ2v) is 3.05. The van der Waals surface area contributed by atoms with Gasteiger partial charge in [0.15, 0.2) is 0 Å². The minimum atomic E-state index is -1.12. The number of hydrogen-bond acceptors (Lipinski definition) is 2. The second-order valence-electron chi connectivity index (χ2n) is 3.05. The average Bonchev–Trinajstić information content (AvgIpc) is 2.18. The summed E-state index contributed by atoms with van der Waals surface area (Å²) in [5.41, 5.74) is 0.570. The number of carboxylic acid groups (broad SMARTS) is 2. The normalized spacial score (nSPS) is 8.62. The Balaban J connectivity index is 0.000000673. The van der Waals surface area contributed by atoms with E-state index < -0.39 is 11.9 Å². The minimum Gasteiger partial charge on any atom is -0.478 e. The van der Waals surface area contributed by atoms with E-state index in [1.165, 1.54) is 12.1 Å². The molecule has 4 nitrogen and oxygen atoms in total. The molecule has 1 rings (SSSR count). The van der Waals surface area contributed by atoms with Gasteiger partial charge < -0.3 is 10.2 Å². The van der Waals surface area contributed by atoms with Gasteiger partial charge in [0.25, 0.3) is 0 Å². The Morgan fingerprint density at radius 2 is 1.75 bits per heavy atom. The van der Waals surface area contributed by atoms with Crippen LogP contribution in [0.25, 0.3) is 0 Å². The molecule has 0 unspecified atom stereocenters. The van der Waals surface area contributed by atoms with E-state index in [-0.39, 0.29) is 11.1 Å². The van der Waals surface area contributed by atoms with Gasteiger partial charge in [-0.15, -0.1) is 6.58 Å². The van der Waals surface area contributed by atoms with Crippen LogP contribution in [0.1, 0.15) is 33.2 Å². The summed E-state index contributed by atoms with van der Waals surface area (Å²) < 4.78 is 0. The zero-order valence-electron chi connectivity index (χ0n) is 9.23. The van der Waals surface area contributed by atoms with Crippen molar-refractivity contribution in [1.82, 2.24) is 0 Å². The van der Waals surface area contributed by atoms with Gasteiger partial charge in [0.2, 0.25) is 0 Å². The van der Waals surface area contributed by atoms with Gasteiger partial charge in [-0.2, -0.15) is 0 Å². The molecular formula is C12H14O4. The zero-order valence-corrected chi connectivity index (χ0v) is 9.23. The third-order valence-electron chi connectivity index (χ3n) is 1.71. The highest BCUT2D eigenvalue weighted by atomic mass is 16.4. The highest BCUT2D eigenvalue weighted by molar-refractivity contribution is 5.94. The van der Waals surface area contributed by atoms with Crippen molar-refractivity contribution in [3.05, 3.63) is 47.5 Å². The fraction of sp³-hybridized carbons (Fsp3) is 0.167. The molecule has 0 aliphatic rings. The standard InChI is InChI=1S/C9H8O4.C3H6/c1-5-2-3-6(8(10)11)4-7(5)9(12)13;1-3-2/h2-4H,1H3,(H,10,11)(H,12,13);3H,1H2,2H3. The summed E-state index contributed by atoms with van der Waals surface area (Å²) in [6, 6.07) is 4.01. The highest BCUT2D eigenvalue weighted by Crippen LogP contribution is 2.11. The summed E-state index contributed by atoms with van der Waals surface area (Å²) in [5, 5.41) is 17.3. The Labute approximate surface area is 93.8 Å². The van der Waals surface area contributed by atoms with Crippen molar-refractivity contribution in [3.8, 4) is 0 Å². The van der Waals surface area contributed by atoms with Gasteiger partial charge in [-0.05, 0) is 31.5 Å². The minimum absolute atomic E-state index is 0.0111. The summed E-state index contributed by atoms with van der Waals surface area (Å²) in [6.07, 6.45) is 1.75. The number of aryl methyl sites for hydroxylation is 1. The first-order valence-corrected chi connectivity index (χ1v) is 4.58. The Hall–Kier alpha value is -2.10. The third kappa shape index (κ3) is 3.96. The van der Waals surface area contributed by atoms with E-state index in [1.54, 1.807) is 13.0 Å². The van der Waals surface area contributed by atoms with Gasteiger partial charge in [0.1, 0.15) is 0 Å². The van der Waals surface area contributed by atoms with Crippen molar-refractivity contribution in [2.24, 2.45) is 0 Å². The lowest BCUT2D eigenvalue weighted by molar-refractivity contribution is 0.0695. The number of carboxylic acids is 2. The SMILES string of the molecule is C=CC.Cc1ccc(C(=O)O)cc1C(=O)O. The molecule has 1 aromatic rings. The van der Waals surface area contributed by atoms with Crippen LogP contribution >= 0.6 is 0 Å². The topological polar surface area (TPSA) is 74.6 Å². The molecule has 0 saturated heterocycles. The Bertz CT molecular complexity index is 407. The van der Waals surface area contributed by atoms with Crippen LogP contribution in [-0.2, 0) is 0 Å². The largest absolute Gasteiger partial charge is 0.478 e. The van der Waals surface area contributed by atoms with Crippen molar-refractivity contribution in [2.45, 2.75) is 13.8 Å². The lowest BCUT2D eigenvalue weighted by Crippen LogP contribution is -2.03. The van der Waals surface area contributed by atoms with E-state index in [0.29, 0.717) is 5.56 Å². The van der Waals surface area contributed by atoms with Crippen molar-refractivity contribution in [3.63, 3.8) is 0 Å². The number of hydrogen-bond donors (Lipinski definition) is 2. The molecule has 1 aromatic carbocycles. The van der Waals surface area contributed by atoms with Gasteiger partial charge in [-0.3, -0.25) is 0 Å². The number of aromatic carboxylic acids is 2. The molecule has 0 heterocycles. The quantitative estimate of drug-likeness (QED) is 0.754. The molecule has 0 spiro atoms. The summed E-state index contributed by atoms with van der Waals surface area (Å²) in [6.45, 7) is 6.87. The molecule has 0 bridgehead atoms. The number of benzene rings is 1. The summed E-state index contributed by atoms with van der Waals surface area (Å²) in [7, 11) is 0. The fourth-order valence-corrected chi connectivity index (χ4v) is 0.985. The molecule has 0 amide bonds. The second kappa shape index (κ2) is 6.40. The first-order chi connectivity index (χ1) is 7.43. The van der Waals surface area contributed by atoms with Crippen molar-refractivity contribution in [1.29, 1.82) is 0 Å². The molecule has 0 radical (unpaired) electrons. The van der Waals surface area contributed by atoms with Crippen molar-refractivity contribution in [2.75, 3.05) is 0 Å². The van der Waals surface area contributed by atoms with Gasteiger partial charge in [0, 0.05) is 0 Å². The monoisotopic (exact) mass is 222 g/mol. The van der Waals surface area contributed by atoms with Crippen LogP contribution in [0.2, 0.25) is 0 Å². The maximum Gasteiger partial charge on any atom is 0.335 e. The molecule has 0 fully saturated rings. The number of allylic oxidation sites excluding steroid dienone is 1. The predicted molar refractivity (Wildman–Crippen MR) is 61.0 cm³/mol. The molecule has 0 aliphatic heterocycles. The Kier molecular flexibility index (Phi) is 5.56. The van der Waals surface area contributed by atoms with Crippen LogP contribution in [0.5, 0.6) is 0 Å². The van der Waals surface area contributed by atoms with Crippen LogP contribution < -0.4 is 0 Å². The van der Waals surface area contributed by atoms with Crippen LogP contribution in [0, 0.1) is 6.92 Å². The molecular weight excluding hydrogens is 208 g/mol. The first-order valence-electron chi connectivity index (χ1n) is 4.58. The van der Waals surface area contributed by atoms with E-state index in [1.807, 2.05) is 6.92 Å². The molecule has 0 aromatic heterocycles. The summed E-state index contributed by atoms with van der Waals surface area (Å²) >= 11 is 0. The Morgan fingerprint density at radius 3 is 2.12 bits per heavy atom. The third-order valence-corrected chi connectivity index (χ3v) is 1.71. The van der Waals surface area contributed by atoms with Crippen LogP contribution in [0.4, 0.5) is 0 Å². The number of carbonyl (C=O) groups is 2. The maximum absolute atomic E-state index is 10.6. The van der Waals surface area contributed by atoms with Gasteiger partial charge in [0.05, 0.1) is 11.1 Å². The molecule has 16 heavy (non-hydrogen) atoms. The van der Waals surface area contributed by atoms with Crippen molar-refractivity contribution >= 4 is 11.9 Å². The highest BCUT2D eigenvalue weighted by Gasteiger charge is 2.10.